The second-order valence-electron chi connectivity index (χ2n) is 3.60. The Morgan fingerprint density at radius 1 is 1.32 bits per heavy atom. The van der Waals surface area contributed by atoms with Crippen LogP contribution >= 0.6 is 11.6 Å². The van der Waals surface area contributed by atoms with Crippen molar-refractivity contribution < 1.29 is 0 Å². The molecule has 0 aliphatic carbocycles. The van der Waals surface area contributed by atoms with E-state index in [0.717, 1.165) is 0 Å². The largest absolute Gasteiger partial charge is 0.268 e. The highest BCUT2D eigenvalue weighted by Gasteiger charge is 2.03. The van der Waals surface area contributed by atoms with Crippen LogP contribution in [0.4, 0.5) is 0 Å². The summed E-state index contributed by atoms with van der Waals surface area (Å²) in [5, 5.41) is 4.76. The number of aromatic nitrogens is 3. The molecule has 5 heteroatoms. The number of rotatable bonds is 2. The van der Waals surface area contributed by atoms with E-state index in [0.29, 0.717) is 16.4 Å². The van der Waals surface area contributed by atoms with E-state index in [1.54, 1.807) is 18.2 Å². The summed E-state index contributed by atoms with van der Waals surface area (Å²) in [7, 11) is 0. The van der Waals surface area contributed by atoms with Gasteiger partial charge in [0.05, 0.1) is 10.7 Å². The number of halogens is 1. The van der Waals surface area contributed by atoms with Crippen LogP contribution in [0.3, 0.4) is 0 Å². The molecule has 0 radical (unpaired) electrons. The van der Waals surface area contributed by atoms with Crippen molar-refractivity contribution in [2.75, 3.05) is 0 Å². The minimum Gasteiger partial charge on any atom is -0.268 e. The van der Waals surface area contributed by atoms with Gasteiger partial charge in [-0.15, -0.1) is 0 Å². The van der Waals surface area contributed by atoms with Crippen LogP contribution in [0.2, 0.25) is 5.02 Å². The summed E-state index contributed by atoms with van der Waals surface area (Å²) in [5.74, 6) is 5.44. The molecule has 4 nitrogen and oxygen atoms in total. The maximum Gasteiger partial charge on any atom is 0.267 e. The minimum absolute atomic E-state index is 0.212. The lowest BCUT2D eigenvalue weighted by molar-refractivity contribution is 0.666. The molecule has 2 aromatic heterocycles. The fourth-order valence-electron chi connectivity index (χ4n) is 1.42. The Balaban J connectivity index is 2.37. The van der Waals surface area contributed by atoms with Gasteiger partial charge in [0.15, 0.2) is 0 Å². The zero-order valence-electron chi connectivity index (χ0n) is 10.0. The van der Waals surface area contributed by atoms with Gasteiger partial charge in [-0.1, -0.05) is 30.0 Å². The van der Waals surface area contributed by atoms with Crippen molar-refractivity contribution in [1.29, 1.82) is 0 Å². The smallest absolute Gasteiger partial charge is 0.267 e. The number of allylic oxidation sites excluding steroid dienone is 1. The van der Waals surface area contributed by atoms with E-state index in [-0.39, 0.29) is 12.1 Å². The molecule has 0 aliphatic heterocycles. The van der Waals surface area contributed by atoms with Gasteiger partial charge in [0.2, 0.25) is 0 Å². The third kappa shape index (κ3) is 3.30. The highest BCUT2D eigenvalue weighted by atomic mass is 35.5. The first-order chi connectivity index (χ1) is 9.20. The third-order valence-corrected chi connectivity index (χ3v) is 2.51. The fraction of sp³-hybridized carbons (Fsp3) is 0.0714. The first-order valence-electron chi connectivity index (χ1n) is 5.50. The molecule has 0 saturated carbocycles. The second-order valence-corrected chi connectivity index (χ2v) is 4.04. The highest BCUT2D eigenvalue weighted by molar-refractivity contribution is 6.30. The van der Waals surface area contributed by atoms with Crippen LogP contribution in [-0.2, 0) is 6.54 Å². The van der Waals surface area contributed by atoms with Crippen molar-refractivity contribution in [3.8, 4) is 23.2 Å². The Labute approximate surface area is 115 Å². The normalized spacial score (nSPS) is 9.53. The number of pyridine rings is 1. The van der Waals surface area contributed by atoms with Gasteiger partial charge >= 0.3 is 0 Å². The van der Waals surface area contributed by atoms with Crippen molar-refractivity contribution in [2.45, 2.75) is 6.54 Å². The van der Waals surface area contributed by atoms with Crippen molar-refractivity contribution in [3.63, 3.8) is 0 Å². The first kappa shape index (κ1) is 13.1. The van der Waals surface area contributed by atoms with Crippen LogP contribution in [0.1, 0.15) is 0 Å². The van der Waals surface area contributed by atoms with Gasteiger partial charge in [0.25, 0.3) is 5.56 Å². The SMILES string of the molecule is C=CC#CCn1nc(-c2ccc(Cl)cn2)ccc1=O. The third-order valence-electron chi connectivity index (χ3n) is 2.29. The molecule has 0 aromatic carbocycles. The molecule has 2 heterocycles. The molecule has 2 rings (SSSR count). The predicted octanol–water partition coefficient (Wildman–Crippen LogP) is 2.15. The van der Waals surface area contributed by atoms with Gasteiger partial charge in [-0.25, -0.2) is 4.68 Å². The van der Waals surface area contributed by atoms with Crippen molar-refractivity contribution in [2.24, 2.45) is 0 Å². The minimum atomic E-state index is -0.212. The average molecular weight is 272 g/mol. The van der Waals surface area contributed by atoms with Gasteiger partial charge < -0.3 is 0 Å². The zero-order valence-corrected chi connectivity index (χ0v) is 10.8. The van der Waals surface area contributed by atoms with Gasteiger partial charge in [-0.2, -0.15) is 5.10 Å². The van der Waals surface area contributed by atoms with Gasteiger partial charge in [0, 0.05) is 12.3 Å². The van der Waals surface area contributed by atoms with Gasteiger partial charge in [-0.05, 0) is 24.3 Å². The maximum absolute atomic E-state index is 11.6. The quantitative estimate of drug-likeness (QED) is 0.787. The van der Waals surface area contributed by atoms with Gasteiger partial charge in [-0.3, -0.25) is 9.78 Å². The highest BCUT2D eigenvalue weighted by Crippen LogP contribution is 2.14. The summed E-state index contributed by atoms with van der Waals surface area (Å²) in [6.07, 6.45) is 3.00. The number of nitrogens with zero attached hydrogens (tertiary/aromatic N) is 3. The van der Waals surface area contributed by atoms with E-state index in [4.69, 9.17) is 11.6 Å². The molecule has 19 heavy (non-hydrogen) atoms. The summed E-state index contributed by atoms with van der Waals surface area (Å²) in [6.45, 7) is 3.70. The summed E-state index contributed by atoms with van der Waals surface area (Å²) in [4.78, 5) is 15.8. The molecule has 0 amide bonds. The fourth-order valence-corrected chi connectivity index (χ4v) is 1.53. The van der Waals surface area contributed by atoms with Crippen LogP contribution in [0.15, 0.2) is 47.9 Å². The molecular weight excluding hydrogens is 262 g/mol. The Bertz CT molecular complexity index is 708. The summed E-state index contributed by atoms with van der Waals surface area (Å²) < 4.78 is 1.28. The lowest BCUT2D eigenvalue weighted by Crippen LogP contribution is -2.21. The summed E-state index contributed by atoms with van der Waals surface area (Å²) in [6, 6.07) is 6.53. The monoisotopic (exact) mass is 271 g/mol. The molecule has 0 aliphatic rings. The summed E-state index contributed by atoms with van der Waals surface area (Å²) in [5.41, 5.74) is 1.03. The van der Waals surface area contributed by atoms with E-state index in [9.17, 15) is 4.79 Å². The molecule has 0 atom stereocenters. The average Bonchev–Trinajstić information content (AvgIpc) is 2.42. The van der Waals surface area contributed by atoms with Crippen molar-refractivity contribution >= 4 is 11.6 Å². The predicted molar refractivity (Wildman–Crippen MR) is 74.7 cm³/mol. The first-order valence-corrected chi connectivity index (χ1v) is 5.88. The second kappa shape index (κ2) is 5.98. The van der Waals surface area contributed by atoms with Crippen LogP contribution in [0.25, 0.3) is 11.4 Å². The van der Waals surface area contributed by atoms with Crippen molar-refractivity contribution in [3.05, 3.63) is 58.5 Å². The molecule has 0 bridgehead atoms. The topological polar surface area (TPSA) is 47.8 Å². The van der Waals surface area contributed by atoms with Crippen LogP contribution in [0, 0.1) is 11.8 Å². The molecule has 94 valence electrons. The lowest BCUT2D eigenvalue weighted by Gasteiger charge is -2.03. The number of hydrogen-bond acceptors (Lipinski definition) is 3. The summed E-state index contributed by atoms with van der Waals surface area (Å²) >= 11 is 5.77. The van der Waals surface area contributed by atoms with Crippen LogP contribution < -0.4 is 5.56 Å². The Morgan fingerprint density at radius 2 is 2.11 bits per heavy atom. The molecule has 0 spiro atoms. The van der Waals surface area contributed by atoms with E-state index in [1.807, 2.05) is 0 Å². The molecule has 0 fully saturated rings. The van der Waals surface area contributed by atoms with E-state index < -0.39 is 0 Å². The molecule has 0 saturated heterocycles. The molecule has 0 unspecified atom stereocenters. The maximum atomic E-state index is 11.6. The Kier molecular flexibility index (Phi) is 4.11. The lowest BCUT2D eigenvalue weighted by atomic mass is 10.2. The molecule has 2 aromatic rings. The standard InChI is InChI=1S/C14H10ClN3O/c1-2-3-4-9-18-14(19)8-7-13(17-18)12-6-5-11(15)10-16-12/h2,5-8,10H,1,9H2. The van der Waals surface area contributed by atoms with Gasteiger partial charge in [0.1, 0.15) is 12.2 Å². The number of hydrogen-bond donors (Lipinski definition) is 0. The van der Waals surface area contributed by atoms with E-state index in [1.165, 1.54) is 23.0 Å². The molecular formula is C14H10ClN3O. The van der Waals surface area contributed by atoms with Crippen LogP contribution in [0.5, 0.6) is 0 Å². The Morgan fingerprint density at radius 3 is 2.79 bits per heavy atom. The van der Waals surface area contributed by atoms with E-state index in [2.05, 4.69) is 28.5 Å². The van der Waals surface area contributed by atoms with E-state index >= 15 is 0 Å². The Hall–Kier alpha value is -2.38. The van der Waals surface area contributed by atoms with Crippen LogP contribution in [-0.4, -0.2) is 14.8 Å². The zero-order chi connectivity index (χ0) is 13.7. The van der Waals surface area contributed by atoms with Crippen molar-refractivity contribution in [1.82, 2.24) is 14.8 Å². The molecule has 0 N–H and O–H groups in total.